The van der Waals surface area contributed by atoms with Crippen molar-refractivity contribution in [3.8, 4) is 5.75 Å². The van der Waals surface area contributed by atoms with Crippen LogP contribution in [0, 0.1) is 13.8 Å². The number of anilines is 1. The van der Waals surface area contributed by atoms with Gasteiger partial charge in [0.25, 0.3) is 5.78 Å². The maximum Gasteiger partial charge on any atom is 0.313 e. The zero-order valence-corrected chi connectivity index (χ0v) is 15.4. The van der Waals surface area contributed by atoms with Gasteiger partial charge < -0.3 is 9.40 Å². The van der Waals surface area contributed by atoms with Crippen LogP contribution in [0.5, 0.6) is 5.75 Å². The largest absolute Gasteiger partial charge is 0.412 e. The Bertz CT molecular complexity index is 1020. The SMILES string of the molecule is CCn1cc(C(=O)C(=O)N(N)c2c(C)cncc2C)c2cc(ON)ccc21. The van der Waals surface area contributed by atoms with E-state index in [9.17, 15) is 9.59 Å². The standard InChI is InChI=1S/C19H21N5O3/c1-4-23-10-15(14-7-13(27-21)5-6-16(14)23)18(25)19(26)24(20)17-11(2)8-22-9-12(17)3/h5-10H,4,20-21H2,1-3H3. The van der Waals surface area contributed by atoms with E-state index in [0.717, 1.165) is 10.5 Å². The second kappa shape index (κ2) is 7.18. The van der Waals surface area contributed by atoms with Gasteiger partial charge in [-0.3, -0.25) is 14.6 Å². The van der Waals surface area contributed by atoms with Gasteiger partial charge in [-0.2, -0.15) is 5.90 Å². The molecule has 0 unspecified atom stereocenters. The Hall–Kier alpha value is -3.23. The first-order valence-electron chi connectivity index (χ1n) is 8.43. The predicted octanol–water partition coefficient (Wildman–Crippen LogP) is 2.02. The van der Waals surface area contributed by atoms with Crippen molar-refractivity contribution in [3.05, 3.63) is 53.5 Å². The number of nitrogens with zero attached hydrogens (tertiary/aromatic N) is 3. The van der Waals surface area contributed by atoms with Gasteiger partial charge in [-0.15, -0.1) is 0 Å². The van der Waals surface area contributed by atoms with E-state index in [1.165, 1.54) is 0 Å². The first-order chi connectivity index (χ1) is 12.9. The average molecular weight is 367 g/mol. The molecule has 1 amide bonds. The van der Waals surface area contributed by atoms with Gasteiger partial charge in [-0.05, 0) is 50.1 Å². The molecule has 3 aromatic rings. The number of hydrogen-bond acceptors (Lipinski definition) is 6. The number of rotatable bonds is 5. The maximum absolute atomic E-state index is 13.0. The fourth-order valence-electron chi connectivity index (χ4n) is 3.19. The number of aryl methyl sites for hydroxylation is 3. The summed E-state index contributed by atoms with van der Waals surface area (Å²) in [5.41, 5.74) is 2.92. The topological polar surface area (TPSA) is 116 Å². The third-order valence-corrected chi connectivity index (χ3v) is 4.51. The Morgan fingerprint density at radius 1 is 1.22 bits per heavy atom. The van der Waals surface area contributed by atoms with Crippen molar-refractivity contribution in [1.82, 2.24) is 9.55 Å². The number of ketones is 1. The second-order valence-corrected chi connectivity index (χ2v) is 6.25. The van der Waals surface area contributed by atoms with Crippen LogP contribution in [0.2, 0.25) is 0 Å². The molecule has 0 aliphatic carbocycles. The van der Waals surface area contributed by atoms with Crippen molar-refractivity contribution < 1.29 is 14.4 Å². The van der Waals surface area contributed by atoms with Crippen LogP contribution in [0.4, 0.5) is 5.69 Å². The molecular weight excluding hydrogens is 346 g/mol. The van der Waals surface area contributed by atoms with Gasteiger partial charge in [0.2, 0.25) is 0 Å². The number of hydrazine groups is 1. The highest BCUT2D eigenvalue weighted by molar-refractivity contribution is 6.48. The molecule has 0 aliphatic heterocycles. The summed E-state index contributed by atoms with van der Waals surface area (Å²) in [6.07, 6.45) is 4.83. The van der Waals surface area contributed by atoms with Crippen molar-refractivity contribution in [1.29, 1.82) is 0 Å². The molecule has 2 aromatic heterocycles. The lowest BCUT2D eigenvalue weighted by atomic mass is 10.1. The molecule has 0 spiro atoms. The molecule has 4 N–H and O–H groups in total. The molecule has 27 heavy (non-hydrogen) atoms. The van der Waals surface area contributed by atoms with Gasteiger partial charge in [-0.1, -0.05) is 0 Å². The number of benzene rings is 1. The zero-order valence-electron chi connectivity index (χ0n) is 15.4. The Labute approximate surface area is 156 Å². The van der Waals surface area contributed by atoms with E-state index in [0.29, 0.717) is 34.5 Å². The quantitative estimate of drug-likeness (QED) is 0.234. The van der Waals surface area contributed by atoms with Gasteiger partial charge in [0.15, 0.2) is 0 Å². The van der Waals surface area contributed by atoms with Gasteiger partial charge >= 0.3 is 5.91 Å². The van der Waals surface area contributed by atoms with Gasteiger partial charge in [0, 0.05) is 36.0 Å². The Balaban J connectivity index is 2.06. The van der Waals surface area contributed by atoms with Gasteiger partial charge in [-0.25, -0.2) is 10.9 Å². The number of carbonyl (C=O) groups excluding carboxylic acids is 2. The number of amides is 1. The normalized spacial score (nSPS) is 10.9. The molecule has 8 heteroatoms. The Morgan fingerprint density at radius 2 is 1.89 bits per heavy atom. The summed E-state index contributed by atoms with van der Waals surface area (Å²) in [4.78, 5) is 34.6. The van der Waals surface area contributed by atoms with Crippen LogP contribution in [0.15, 0.2) is 36.8 Å². The number of pyridine rings is 1. The lowest BCUT2D eigenvalue weighted by Gasteiger charge is -2.19. The van der Waals surface area contributed by atoms with E-state index in [4.69, 9.17) is 16.6 Å². The summed E-state index contributed by atoms with van der Waals surface area (Å²) in [6.45, 7) is 6.14. The van der Waals surface area contributed by atoms with Gasteiger partial charge in [0.05, 0.1) is 11.3 Å². The third-order valence-electron chi connectivity index (χ3n) is 4.51. The first-order valence-corrected chi connectivity index (χ1v) is 8.43. The molecule has 0 saturated heterocycles. The summed E-state index contributed by atoms with van der Waals surface area (Å²) in [7, 11) is 0. The monoisotopic (exact) mass is 367 g/mol. The Morgan fingerprint density at radius 3 is 2.48 bits per heavy atom. The minimum atomic E-state index is -0.832. The number of hydrogen-bond donors (Lipinski definition) is 2. The van der Waals surface area contributed by atoms with E-state index >= 15 is 0 Å². The molecule has 0 radical (unpaired) electrons. The zero-order chi connectivity index (χ0) is 19.7. The van der Waals surface area contributed by atoms with E-state index in [2.05, 4.69) is 4.98 Å². The van der Waals surface area contributed by atoms with Crippen LogP contribution in [-0.4, -0.2) is 21.2 Å². The summed E-state index contributed by atoms with van der Waals surface area (Å²) < 4.78 is 1.87. The van der Waals surface area contributed by atoms with Gasteiger partial charge in [0.1, 0.15) is 5.75 Å². The molecule has 2 heterocycles. The van der Waals surface area contributed by atoms with Crippen molar-refractivity contribution in [2.24, 2.45) is 11.7 Å². The summed E-state index contributed by atoms with van der Waals surface area (Å²) >= 11 is 0. The second-order valence-electron chi connectivity index (χ2n) is 6.25. The highest BCUT2D eigenvalue weighted by atomic mass is 16.6. The molecule has 0 saturated carbocycles. The fraction of sp³-hybridized carbons (Fsp3) is 0.211. The highest BCUT2D eigenvalue weighted by Gasteiger charge is 2.27. The number of nitrogens with two attached hydrogens (primary N) is 2. The molecular formula is C19H21N5O3. The van der Waals surface area contributed by atoms with E-state index in [1.54, 1.807) is 50.6 Å². The molecule has 140 valence electrons. The highest BCUT2D eigenvalue weighted by Crippen LogP contribution is 2.28. The van der Waals surface area contributed by atoms with Crippen LogP contribution in [0.3, 0.4) is 0 Å². The predicted molar refractivity (Wildman–Crippen MR) is 102 cm³/mol. The lowest BCUT2D eigenvalue weighted by molar-refractivity contribution is -0.114. The van der Waals surface area contributed by atoms with E-state index in [-0.39, 0.29) is 5.56 Å². The van der Waals surface area contributed by atoms with E-state index < -0.39 is 11.7 Å². The number of fused-ring (bicyclic) bond motifs is 1. The van der Waals surface area contributed by atoms with Crippen LogP contribution >= 0.6 is 0 Å². The van der Waals surface area contributed by atoms with Crippen LogP contribution < -0.4 is 21.6 Å². The van der Waals surface area contributed by atoms with Crippen molar-refractivity contribution in [2.75, 3.05) is 5.01 Å². The molecule has 1 aromatic carbocycles. The number of aromatic nitrogens is 2. The molecule has 0 atom stereocenters. The smallest absolute Gasteiger partial charge is 0.313 e. The summed E-state index contributed by atoms with van der Waals surface area (Å²) in [5, 5.41) is 1.46. The van der Waals surface area contributed by atoms with Crippen LogP contribution in [-0.2, 0) is 11.3 Å². The van der Waals surface area contributed by atoms with Crippen molar-refractivity contribution in [2.45, 2.75) is 27.3 Å². The molecule has 0 aliphatic rings. The van der Waals surface area contributed by atoms with Crippen molar-refractivity contribution >= 4 is 28.3 Å². The summed E-state index contributed by atoms with van der Waals surface area (Å²) in [6, 6.07) is 5.12. The van der Waals surface area contributed by atoms with E-state index in [1.807, 2.05) is 11.5 Å². The maximum atomic E-state index is 13.0. The van der Waals surface area contributed by atoms with Crippen LogP contribution in [0.25, 0.3) is 10.9 Å². The lowest BCUT2D eigenvalue weighted by Crippen LogP contribution is -2.43. The summed E-state index contributed by atoms with van der Waals surface area (Å²) in [5.74, 6) is 10.1. The van der Waals surface area contributed by atoms with Crippen LogP contribution in [0.1, 0.15) is 28.4 Å². The number of Topliss-reactive ketones (excluding diaryl/α,β-unsaturated/α-hetero) is 1. The fourth-order valence-corrected chi connectivity index (χ4v) is 3.19. The number of carbonyl (C=O) groups is 2. The first kappa shape index (κ1) is 18.6. The third kappa shape index (κ3) is 3.16. The molecule has 3 rings (SSSR count). The molecule has 8 nitrogen and oxygen atoms in total. The average Bonchev–Trinajstić information content (AvgIpc) is 3.04. The van der Waals surface area contributed by atoms with Crippen molar-refractivity contribution in [3.63, 3.8) is 0 Å². The molecule has 0 bridgehead atoms. The Kier molecular flexibility index (Phi) is 4.93. The minimum Gasteiger partial charge on any atom is -0.412 e. The molecule has 0 fully saturated rings. The minimum absolute atomic E-state index is 0.246.